The highest BCUT2D eigenvalue weighted by molar-refractivity contribution is 14.1. The molecule has 4 heteroatoms. The van der Waals surface area contributed by atoms with Gasteiger partial charge in [0, 0.05) is 21.7 Å². The molecular weight excluding hydrogens is 365 g/mol. The van der Waals surface area contributed by atoms with Crippen molar-refractivity contribution in [2.75, 3.05) is 14.2 Å². The summed E-state index contributed by atoms with van der Waals surface area (Å²) in [6.45, 7) is 1.33. The van der Waals surface area contributed by atoms with E-state index in [1.54, 1.807) is 7.11 Å². The average Bonchev–Trinajstić information content (AvgIpc) is 2.48. The average molecular weight is 383 g/mol. The molecule has 0 fully saturated rings. The van der Waals surface area contributed by atoms with E-state index in [-0.39, 0.29) is 0 Å². The van der Waals surface area contributed by atoms with Crippen LogP contribution in [0.4, 0.5) is 0 Å². The summed E-state index contributed by atoms with van der Waals surface area (Å²) in [5.74, 6) is 1.67. The Morgan fingerprint density at radius 3 is 2.50 bits per heavy atom. The van der Waals surface area contributed by atoms with E-state index < -0.39 is 0 Å². The van der Waals surface area contributed by atoms with Gasteiger partial charge in [-0.25, -0.2) is 0 Å². The van der Waals surface area contributed by atoms with Crippen LogP contribution in [0.5, 0.6) is 11.5 Å². The summed E-state index contributed by atoms with van der Waals surface area (Å²) in [6, 6.07) is 14.2. The highest BCUT2D eigenvalue weighted by Gasteiger charge is 2.06. The lowest BCUT2D eigenvalue weighted by Crippen LogP contribution is -2.07. The van der Waals surface area contributed by atoms with E-state index in [0.717, 1.165) is 29.2 Å². The smallest absolute Gasteiger partial charge is 0.127 e. The van der Waals surface area contributed by atoms with E-state index in [0.29, 0.717) is 6.61 Å². The van der Waals surface area contributed by atoms with E-state index in [4.69, 9.17) is 9.47 Å². The zero-order chi connectivity index (χ0) is 14.4. The number of nitrogens with one attached hydrogen (secondary N) is 1. The normalized spacial score (nSPS) is 10.3. The number of benzene rings is 2. The Morgan fingerprint density at radius 1 is 1.10 bits per heavy atom. The minimum Gasteiger partial charge on any atom is -0.497 e. The molecule has 106 valence electrons. The van der Waals surface area contributed by atoms with Crippen LogP contribution < -0.4 is 14.8 Å². The third kappa shape index (κ3) is 4.11. The lowest BCUT2D eigenvalue weighted by Gasteiger charge is -2.13. The van der Waals surface area contributed by atoms with Gasteiger partial charge >= 0.3 is 0 Å². The van der Waals surface area contributed by atoms with E-state index >= 15 is 0 Å². The maximum absolute atomic E-state index is 5.94. The van der Waals surface area contributed by atoms with Gasteiger partial charge < -0.3 is 14.8 Å². The fraction of sp³-hybridized carbons (Fsp3) is 0.250. The van der Waals surface area contributed by atoms with Gasteiger partial charge in [0.25, 0.3) is 0 Å². The molecule has 0 aromatic heterocycles. The molecule has 1 N–H and O–H groups in total. The third-order valence-electron chi connectivity index (χ3n) is 2.95. The molecule has 0 bridgehead atoms. The van der Waals surface area contributed by atoms with Crippen LogP contribution in [0.1, 0.15) is 11.1 Å². The van der Waals surface area contributed by atoms with Crippen molar-refractivity contribution in [3.05, 3.63) is 57.2 Å². The summed E-state index contributed by atoms with van der Waals surface area (Å²) in [7, 11) is 3.59. The van der Waals surface area contributed by atoms with Gasteiger partial charge in [0.2, 0.25) is 0 Å². The SMILES string of the molecule is CNCc1ccc(OC)cc1OCc1ccc(I)cc1. The van der Waals surface area contributed by atoms with Crippen LogP contribution in [-0.4, -0.2) is 14.2 Å². The summed E-state index contributed by atoms with van der Waals surface area (Å²) in [5, 5.41) is 3.15. The molecule has 2 aromatic carbocycles. The van der Waals surface area contributed by atoms with Crippen LogP contribution in [-0.2, 0) is 13.2 Å². The summed E-state index contributed by atoms with van der Waals surface area (Å²) in [4.78, 5) is 0. The molecule has 3 nitrogen and oxygen atoms in total. The van der Waals surface area contributed by atoms with Crippen molar-refractivity contribution in [1.29, 1.82) is 0 Å². The number of hydrogen-bond acceptors (Lipinski definition) is 3. The number of ether oxygens (including phenoxy) is 2. The highest BCUT2D eigenvalue weighted by atomic mass is 127. The molecular formula is C16H18INO2. The maximum Gasteiger partial charge on any atom is 0.127 e. The van der Waals surface area contributed by atoms with Crippen molar-refractivity contribution in [3.63, 3.8) is 0 Å². The van der Waals surface area contributed by atoms with Crippen LogP contribution in [0, 0.1) is 3.57 Å². The molecule has 0 unspecified atom stereocenters. The Morgan fingerprint density at radius 2 is 1.85 bits per heavy atom. The molecule has 2 aromatic rings. The zero-order valence-electron chi connectivity index (χ0n) is 11.7. The molecule has 0 aliphatic heterocycles. The molecule has 2 rings (SSSR count). The van der Waals surface area contributed by atoms with Gasteiger partial charge in [-0.15, -0.1) is 0 Å². The predicted molar refractivity (Wildman–Crippen MR) is 89.2 cm³/mol. The molecule has 0 amide bonds. The fourth-order valence-corrected chi connectivity index (χ4v) is 2.23. The minimum atomic E-state index is 0.556. The molecule has 0 saturated carbocycles. The first-order valence-electron chi connectivity index (χ1n) is 6.41. The number of hydrogen-bond donors (Lipinski definition) is 1. The van der Waals surface area contributed by atoms with Crippen LogP contribution in [0.25, 0.3) is 0 Å². The summed E-state index contributed by atoms with van der Waals surface area (Å²) < 4.78 is 12.4. The highest BCUT2D eigenvalue weighted by Crippen LogP contribution is 2.25. The number of rotatable bonds is 6. The fourth-order valence-electron chi connectivity index (χ4n) is 1.87. The summed E-state index contributed by atoms with van der Waals surface area (Å²) >= 11 is 2.30. The topological polar surface area (TPSA) is 30.5 Å². The van der Waals surface area contributed by atoms with E-state index in [2.05, 4.69) is 52.2 Å². The first kappa shape index (κ1) is 15.1. The van der Waals surface area contributed by atoms with E-state index in [1.165, 1.54) is 3.57 Å². The monoisotopic (exact) mass is 383 g/mol. The molecule has 0 aliphatic rings. The van der Waals surface area contributed by atoms with Crippen molar-refractivity contribution in [1.82, 2.24) is 5.32 Å². The number of halogens is 1. The zero-order valence-corrected chi connectivity index (χ0v) is 13.8. The quantitative estimate of drug-likeness (QED) is 0.774. The molecule has 0 heterocycles. The van der Waals surface area contributed by atoms with Crippen LogP contribution >= 0.6 is 22.6 Å². The molecule has 0 saturated heterocycles. The van der Waals surface area contributed by atoms with Crippen LogP contribution in [0.15, 0.2) is 42.5 Å². The second-order valence-electron chi connectivity index (χ2n) is 4.42. The third-order valence-corrected chi connectivity index (χ3v) is 3.67. The van der Waals surface area contributed by atoms with Crippen molar-refractivity contribution in [2.45, 2.75) is 13.2 Å². The Labute approximate surface area is 133 Å². The second kappa shape index (κ2) is 7.50. The van der Waals surface area contributed by atoms with E-state index in [9.17, 15) is 0 Å². The first-order valence-corrected chi connectivity index (χ1v) is 7.49. The molecule has 0 radical (unpaired) electrons. The molecule has 0 aliphatic carbocycles. The minimum absolute atomic E-state index is 0.556. The van der Waals surface area contributed by atoms with Gasteiger partial charge in [0.1, 0.15) is 18.1 Å². The first-order chi connectivity index (χ1) is 9.72. The Bertz CT molecular complexity index is 555. The van der Waals surface area contributed by atoms with Crippen molar-refractivity contribution >= 4 is 22.6 Å². The largest absolute Gasteiger partial charge is 0.497 e. The second-order valence-corrected chi connectivity index (χ2v) is 5.66. The Balaban J connectivity index is 2.12. The molecule has 20 heavy (non-hydrogen) atoms. The van der Waals surface area contributed by atoms with Crippen molar-refractivity contribution in [2.24, 2.45) is 0 Å². The summed E-state index contributed by atoms with van der Waals surface area (Å²) in [6.07, 6.45) is 0. The lowest BCUT2D eigenvalue weighted by atomic mass is 10.2. The number of methoxy groups -OCH3 is 1. The maximum atomic E-state index is 5.94. The lowest BCUT2D eigenvalue weighted by molar-refractivity contribution is 0.300. The summed E-state index contributed by atoms with van der Waals surface area (Å²) in [5.41, 5.74) is 2.28. The van der Waals surface area contributed by atoms with Crippen LogP contribution in [0.2, 0.25) is 0 Å². The van der Waals surface area contributed by atoms with Crippen LogP contribution in [0.3, 0.4) is 0 Å². The molecule has 0 spiro atoms. The predicted octanol–water partition coefficient (Wildman–Crippen LogP) is 3.60. The van der Waals surface area contributed by atoms with Crippen molar-refractivity contribution in [3.8, 4) is 11.5 Å². The van der Waals surface area contributed by atoms with Gasteiger partial charge in [-0.05, 0) is 53.4 Å². The van der Waals surface area contributed by atoms with Gasteiger partial charge in [0.05, 0.1) is 7.11 Å². The van der Waals surface area contributed by atoms with Gasteiger partial charge in [-0.1, -0.05) is 18.2 Å². The Kier molecular flexibility index (Phi) is 5.67. The van der Waals surface area contributed by atoms with Gasteiger partial charge in [-0.2, -0.15) is 0 Å². The molecule has 0 atom stereocenters. The Hall–Kier alpha value is -1.27. The van der Waals surface area contributed by atoms with Crippen molar-refractivity contribution < 1.29 is 9.47 Å². The van der Waals surface area contributed by atoms with Gasteiger partial charge in [-0.3, -0.25) is 0 Å². The van der Waals surface area contributed by atoms with E-state index in [1.807, 2.05) is 25.2 Å². The van der Waals surface area contributed by atoms with Gasteiger partial charge in [0.15, 0.2) is 0 Å². The standard InChI is InChI=1S/C16H18INO2/c1-18-10-13-5-8-15(19-2)9-16(13)20-11-12-3-6-14(17)7-4-12/h3-9,18H,10-11H2,1-2H3.